The van der Waals surface area contributed by atoms with Gasteiger partial charge < -0.3 is 20.5 Å². The molecule has 0 spiro atoms. The van der Waals surface area contributed by atoms with Gasteiger partial charge >= 0.3 is 5.97 Å². The van der Waals surface area contributed by atoms with Crippen molar-refractivity contribution in [2.24, 2.45) is 5.92 Å². The van der Waals surface area contributed by atoms with Crippen molar-refractivity contribution in [1.29, 1.82) is 0 Å². The van der Waals surface area contributed by atoms with E-state index >= 15 is 0 Å². The predicted molar refractivity (Wildman–Crippen MR) is 77.0 cm³/mol. The lowest BCUT2D eigenvalue weighted by molar-refractivity contribution is -0.125. The molecule has 1 amide bonds. The quantitative estimate of drug-likeness (QED) is 0.715. The van der Waals surface area contributed by atoms with Gasteiger partial charge in [-0.3, -0.25) is 4.79 Å². The van der Waals surface area contributed by atoms with E-state index in [1.807, 2.05) is 6.92 Å². The molecule has 6 nitrogen and oxygen atoms in total. The monoisotopic (exact) mass is 292 g/mol. The van der Waals surface area contributed by atoms with Crippen LogP contribution in [-0.2, 0) is 16.1 Å². The van der Waals surface area contributed by atoms with Crippen molar-refractivity contribution in [1.82, 2.24) is 10.6 Å². The van der Waals surface area contributed by atoms with E-state index in [1.165, 1.54) is 12.1 Å². The third kappa shape index (κ3) is 4.03. The van der Waals surface area contributed by atoms with Crippen molar-refractivity contribution < 1.29 is 19.4 Å². The predicted octanol–water partition coefficient (Wildman–Crippen LogP) is 0.626. The van der Waals surface area contributed by atoms with Crippen molar-refractivity contribution >= 4 is 11.9 Å². The Morgan fingerprint density at radius 2 is 2.00 bits per heavy atom. The second kappa shape index (κ2) is 7.19. The fraction of sp³-hybridized carbons (Fsp3) is 0.467. The molecule has 0 aromatic heterocycles. The molecule has 0 saturated carbocycles. The van der Waals surface area contributed by atoms with Gasteiger partial charge in [-0.05, 0) is 24.2 Å². The summed E-state index contributed by atoms with van der Waals surface area (Å²) in [5, 5.41) is 14.9. The molecule has 0 bridgehead atoms. The Kier molecular flexibility index (Phi) is 5.30. The number of carbonyl (C=O) groups excluding carboxylic acids is 1. The number of carboxylic acid groups (broad SMARTS) is 1. The van der Waals surface area contributed by atoms with E-state index in [-0.39, 0.29) is 23.4 Å². The lowest BCUT2D eigenvalue weighted by Crippen LogP contribution is -2.43. The minimum Gasteiger partial charge on any atom is -0.478 e. The summed E-state index contributed by atoms with van der Waals surface area (Å²) < 4.78 is 5.35. The van der Waals surface area contributed by atoms with Crippen molar-refractivity contribution in [3.63, 3.8) is 0 Å². The second-order valence-corrected chi connectivity index (χ2v) is 5.03. The first kappa shape index (κ1) is 15.5. The first-order valence-corrected chi connectivity index (χ1v) is 7.03. The average molecular weight is 292 g/mol. The lowest BCUT2D eigenvalue weighted by Gasteiger charge is -2.17. The molecule has 2 unspecified atom stereocenters. The number of amides is 1. The molecule has 1 heterocycles. The molecule has 1 aliphatic heterocycles. The molecule has 1 aromatic rings. The summed E-state index contributed by atoms with van der Waals surface area (Å²) in [6.45, 7) is 4.17. The third-order valence-electron chi connectivity index (χ3n) is 3.55. The van der Waals surface area contributed by atoms with E-state index in [0.29, 0.717) is 19.8 Å². The fourth-order valence-corrected chi connectivity index (χ4v) is 2.36. The van der Waals surface area contributed by atoms with Gasteiger partial charge in [0.2, 0.25) is 5.91 Å². The number of ether oxygens (including phenoxy) is 1. The molecule has 0 radical (unpaired) electrons. The maximum Gasteiger partial charge on any atom is 0.335 e. The fourth-order valence-electron chi connectivity index (χ4n) is 2.36. The molecule has 3 N–H and O–H groups in total. The summed E-state index contributed by atoms with van der Waals surface area (Å²) in [6, 6.07) is 6.53. The summed E-state index contributed by atoms with van der Waals surface area (Å²) in [5.41, 5.74) is 1.11. The molecule has 21 heavy (non-hydrogen) atoms. The van der Waals surface area contributed by atoms with Gasteiger partial charge in [-0.2, -0.15) is 0 Å². The summed E-state index contributed by atoms with van der Waals surface area (Å²) >= 11 is 0. The highest BCUT2D eigenvalue weighted by molar-refractivity contribution is 5.87. The van der Waals surface area contributed by atoms with Crippen LogP contribution in [0.3, 0.4) is 0 Å². The van der Waals surface area contributed by atoms with Gasteiger partial charge in [0.05, 0.1) is 24.7 Å². The van der Waals surface area contributed by atoms with Crippen molar-refractivity contribution in [2.75, 3.05) is 19.8 Å². The van der Waals surface area contributed by atoms with Crippen LogP contribution in [0, 0.1) is 5.92 Å². The number of carbonyl (C=O) groups is 2. The Balaban J connectivity index is 1.87. The minimum atomic E-state index is -0.956. The van der Waals surface area contributed by atoms with Gasteiger partial charge in [-0.15, -0.1) is 0 Å². The molecule has 114 valence electrons. The van der Waals surface area contributed by atoms with Crippen LogP contribution in [-0.4, -0.2) is 42.8 Å². The number of hydrogen-bond acceptors (Lipinski definition) is 4. The third-order valence-corrected chi connectivity index (χ3v) is 3.55. The van der Waals surface area contributed by atoms with Crippen LogP contribution in [0.25, 0.3) is 0 Å². The molecule has 1 aliphatic rings. The summed E-state index contributed by atoms with van der Waals surface area (Å²) in [5.74, 6) is -1.17. The highest BCUT2D eigenvalue weighted by Gasteiger charge is 2.33. The van der Waals surface area contributed by atoms with Crippen LogP contribution < -0.4 is 10.6 Å². The van der Waals surface area contributed by atoms with Crippen LogP contribution in [0.4, 0.5) is 0 Å². The van der Waals surface area contributed by atoms with Gasteiger partial charge in [0.1, 0.15) is 0 Å². The maximum absolute atomic E-state index is 12.2. The Morgan fingerprint density at radius 1 is 1.29 bits per heavy atom. The lowest BCUT2D eigenvalue weighted by atomic mass is 10.0. The zero-order valence-electron chi connectivity index (χ0n) is 12.0. The smallest absolute Gasteiger partial charge is 0.335 e. The van der Waals surface area contributed by atoms with Gasteiger partial charge in [0, 0.05) is 12.6 Å². The van der Waals surface area contributed by atoms with E-state index in [2.05, 4.69) is 10.6 Å². The van der Waals surface area contributed by atoms with Gasteiger partial charge in [-0.1, -0.05) is 19.1 Å². The number of rotatable bonds is 6. The van der Waals surface area contributed by atoms with Crippen LogP contribution in [0.5, 0.6) is 0 Å². The highest BCUT2D eigenvalue weighted by Crippen LogP contribution is 2.14. The molecule has 0 aliphatic carbocycles. The zero-order valence-corrected chi connectivity index (χ0v) is 12.0. The molecule has 1 aromatic carbocycles. The molecular weight excluding hydrogens is 272 g/mol. The summed E-state index contributed by atoms with van der Waals surface area (Å²) in [6.07, 6.45) is 0. The first-order valence-electron chi connectivity index (χ1n) is 7.03. The van der Waals surface area contributed by atoms with Crippen molar-refractivity contribution in [3.8, 4) is 0 Å². The number of likely N-dealkylation sites (N-methyl/N-ethyl adjacent to an activating group) is 1. The normalized spacial score (nSPS) is 21.2. The van der Waals surface area contributed by atoms with Crippen molar-refractivity contribution in [2.45, 2.75) is 19.5 Å². The number of carboxylic acids is 1. The van der Waals surface area contributed by atoms with Gasteiger partial charge in [0.15, 0.2) is 0 Å². The molecule has 2 atom stereocenters. The van der Waals surface area contributed by atoms with Crippen LogP contribution in [0.1, 0.15) is 22.8 Å². The number of aromatic carboxylic acids is 1. The summed E-state index contributed by atoms with van der Waals surface area (Å²) in [7, 11) is 0. The first-order chi connectivity index (χ1) is 10.1. The standard InChI is InChI=1S/C15H20N2O4/c1-2-16-13-9-21-8-12(13)14(18)17-7-10-3-5-11(6-4-10)15(19)20/h3-6,12-13,16H,2,7-9H2,1H3,(H,17,18)(H,19,20). The SMILES string of the molecule is CCNC1COCC1C(=O)NCc1ccc(C(=O)O)cc1. The van der Waals surface area contributed by atoms with Crippen LogP contribution in [0.2, 0.25) is 0 Å². The number of nitrogens with one attached hydrogen (secondary N) is 2. The molecule has 2 rings (SSSR count). The molecule has 1 fully saturated rings. The van der Waals surface area contributed by atoms with E-state index in [1.54, 1.807) is 12.1 Å². The topological polar surface area (TPSA) is 87.7 Å². The number of benzene rings is 1. The average Bonchev–Trinajstić information content (AvgIpc) is 2.94. The molecule has 6 heteroatoms. The summed E-state index contributed by atoms with van der Waals surface area (Å²) in [4.78, 5) is 22.9. The van der Waals surface area contributed by atoms with Crippen LogP contribution in [0.15, 0.2) is 24.3 Å². The zero-order chi connectivity index (χ0) is 15.2. The Hall–Kier alpha value is -1.92. The van der Waals surface area contributed by atoms with Gasteiger partial charge in [0.25, 0.3) is 0 Å². The Labute approximate surface area is 123 Å². The maximum atomic E-state index is 12.2. The second-order valence-electron chi connectivity index (χ2n) is 5.03. The van der Waals surface area contributed by atoms with E-state index < -0.39 is 5.97 Å². The van der Waals surface area contributed by atoms with Crippen LogP contribution >= 0.6 is 0 Å². The van der Waals surface area contributed by atoms with Gasteiger partial charge in [-0.25, -0.2) is 4.79 Å². The largest absolute Gasteiger partial charge is 0.478 e. The van der Waals surface area contributed by atoms with E-state index in [0.717, 1.165) is 12.1 Å². The molecular formula is C15H20N2O4. The number of hydrogen-bond donors (Lipinski definition) is 3. The van der Waals surface area contributed by atoms with E-state index in [4.69, 9.17) is 9.84 Å². The molecule has 1 saturated heterocycles. The van der Waals surface area contributed by atoms with Crippen molar-refractivity contribution in [3.05, 3.63) is 35.4 Å². The highest BCUT2D eigenvalue weighted by atomic mass is 16.5. The Bertz CT molecular complexity index is 501. The van der Waals surface area contributed by atoms with E-state index in [9.17, 15) is 9.59 Å². The Morgan fingerprint density at radius 3 is 2.62 bits per heavy atom. The minimum absolute atomic E-state index is 0.0410.